The van der Waals surface area contributed by atoms with Crippen molar-refractivity contribution in [3.05, 3.63) is 29.8 Å². The molecule has 2 unspecified atom stereocenters. The Labute approximate surface area is 113 Å². The molecule has 0 amide bonds. The molecule has 0 heterocycles. The van der Waals surface area contributed by atoms with Gasteiger partial charge in [0.1, 0.15) is 0 Å². The Hall–Kier alpha value is -1.10. The third-order valence-electron chi connectivity index (χ3n) is 2.48. The molecule has 98 valence electrons. The number of nitrogens with two attached hydrogens (primary N) is 2. The van der Waals surface area contributed by atoms with Gasteiger partial charge in [0.15, 0.2) is 0 Å². The van der Waals surface area contributed by atoms with E-state index in [1.165, 1.54) is 5.56 Å². The van der Waals surface area contributed by atoms with Crippen LogP contribution < -0.4 is 16.8 Å². The molecule has 0 bridgehead atoms. The molecule has 0 aromatic heterocycles. The van der Waals surface area contributed by atoms with E-state index in [0.717, 1.165) is 25.2 Å². The molecule has 0 saturated carbocycles. The summed E-state index contributed by atoms with van der Waals surface area (Å²) in [5.41, 5.74) is 13.7. The summed E-state index contributed by atoms with van der Waals surface area (Å²) in [5, 5.41) is 5.59. The highest BCUT2D eigenvalue weighted by Gasteiger charge is 2.04. The van der Waals surface area contributed by atoms with E-state index in [4.69, 9.17) is 11.5 Å². The van der Waals surface area contributed by atoms with E-state index in [1.807, 2.05) is 31.2 Å². The standard InChI is InChI=1S/C13H20N4S/c1-10(14)7-16-8-12(15)6-11-2-4-13(5-3-11)17-9-18/h2-5,10,12,16H,6-8,14-15H2,1H3. The Morgan fingerprint density at radius 2 is 1.94 bits per heavy atom. The fourth-order valence-electron chi connectivity index (χ4n) is 1.63. The zero-order valence-electron chi connectivity index (χ0n) is 10.6. The first kappa shape index (κ1) is 15.0. The van der Waals surface area contributed by atoms with Gasteiger partial charge in [0.05, 0.1) is 10.8 Å². The Morgan fingerprint density at radius 3 is 2.50 bits per heavy atom. The van der Waals surface area contributed by atoms with E-state index in [0.29, 0.717) is 0 Å². The van der Waals surface area contributed by atoms with Crippen molar-refractivity contribution in [3.8, 4) is 0 Å². The van der Waals surface area contributed by atoms with Crippen molar-refractivity contribution in [1.29, 1.82) is 0 Å². The zero-order valence-corrected chi connectivity index (χ0v) is 11.4. The molecule has 5 N–H and O–H groups in total. The molecule has 18 heavy (non-hydrogen) atoms. The molecule has 0 radical (unpaired) electrons. The van der Waals surface area contributed by atoms with Gasteiger partial charge in [-0.05, 0) is 43.3 Å². The number of rotatable bonds is 7. The number of isothiocyanates is 1. The lowest BCUT2D eigenvalue weighted by molar-refractivity contribution is 0.544. The third kappa shape index (κ3) is 6.00. The zero-order chi connectivity index (χ0) is 13.4. The lowest BCUT2D eigenvalue weighted by Gasteiger charge is -2.14. The summed E-state index contributed by atoms with van der Waals surface area (Å²) in [7, 11) is 0. The smallest absolute Gasteiger partial charge is 0.0739 e. The molecule has 1 rings (SSSR count). The second-order valence-electron chi connectivity index (χ2n) is 4.47. The first-order valence-corrected chi connectivity index (χ1v) is 6.41. The summed E-state index contributed by atoms with van der Waals surface area (Å²) in [6, 6.07) is 8.09. The van der Waals surface area contributed by atoms with E-state index in [9.17, 15) is 0 Å². The molecule has 1 aromatic rings. The maximum atomic E-state index is 6.03. The van der Waals surface area contributed by atoms with Crippen LogP contribution in [-0.4, -0.2) is 30.3 Å². The summed E-state index contributed by atoms with van der Waals surface area (Å²) in [5.74, 6) is 0. The second-order valence-corrected chi connectivity index (χ2v) is 4.65. The van der Waals surface area contributed by atoms with Crippen LogP contribution in [0.25, 0.3) is 0 Å². The molecule has 0 aliphatic carbocycles. The van der Waals surface area contributed by atoms with Crippen LogP contribution in [-0.2, 0) is 6.42 Å². The van der Waals surface area contributed by atoms with Gasteiger partial charge in [0.25, 0.3) is 0 Å². The van der Waals surface area contributed by atoms with Crippen LogP contribution >= 0.6 is 12.2 Å². The van der Waals surface area contributed by atoms with Gasteiger partial charge < -0.3 is 16.8 Å². The SMILES string of the molecule is CC(N)CNCC(N)Cc1ccc(N=C=S)cc1. The van der Waals surface area contributed by atoms with Gasteiger partial charge in [-0.3, -0.25) is 0 Å². The quantitative estimate of drug-likeness (QED) is 0.511. The number of hydrogen-bond acceptors (Lipinski definition) is 5. The summed E-state index contributed by atoms with van der Waals surface area (Å²) in [6.07, 6.45) is 0.827. The van der Waals surface area contributed by atoms with E-state index >= 15 is 0 Å². The molecule has 0 aliphatic heterocycles. The minimum Gasteiger partial charge on any atom is -0.327 e. The normalized spacial score (nSPS) is 13.7. The minimum atomic E-state index is 0.0867. The maximum Gasteiger partial charge on any atom is 0.0739 e. The van der Waals surface area contributed by atoms with Gasteiger partial charge in [0.2, 0.25) is 0 Å². The average Bonchev–Trinajstić information content (AvgIpc) is 2.31. The van der Waals surface area contributed by atoms with Crippen LogP contribution in [0, 0.1) is 0 Å². The van der Waals surface area contributed by atoms with Crippen molar-refractivity contribution in [2.75, 3.05) is 13.1 Å². The van der Waals surface area contributed by atoms with E-state index in [1.54, 1.807) is 0 Å². The Bertz CT molecular complexity index is 396. The molecular weight excluding hydrogens is 244 g/mol. The van der Waals surface area contributed by atoms with Crippen LogP contribution in [0.1, 0.15) is 12.5 Å². The Morgan fingerprint density at radius 1 is 1.28 bits per heavy atom. The number of hydrogen-bond donors (Lipinski definition) is 3. The lowest BCUT2D eigenvalue weighted by Crippen LogP contribution is -2.40. The number of aliphatic imine (C=N–C) groups is 1. The molecule has 0 saturated heterocycles. The van der Waals surface area contributed by atoms with Crippen LogP contribution in [0.15, 0.2) is 29.3 Å². The molecule has 0 spiro atoms. The summed E-state index contributed by atoms with van der Waals surface area (Å²) in [4.78, 5) is 3.90. The largest absolute Gasteiger partial charge is 0.327 e. The first-order chi connectivity index (χ1) is 8.61. The fraction of sp³-hybridized carbons (Fsp3) is 0.462. The van der Waals surface area contributed by atoms with Crippen molar-refractivity contribution in [2.45, 2.75) is 25.4 Å². The van der Waals surface area contributed by atoms with Gasteiger partial charge >= 0.3 is 0 Å². The highest BCUT2D eigenvalue weighted by molar-refractivity contribution is 7.78. The molecule has 2 atom stereocenters. The summed E-state index contributed by atoms with van der Waals surface area (Å²) in [6.45, 7) is 3.52. The van der Waals surface area contributed by atoms with E-state index in [-0.39, 0.29) is 12.1 Å². The molecular formula is C13H20N4S. The van der Waals surface area contributed by atoms with Crippen LogP contribution in [0.5, 0.6) is 0 Å². The van der Waals surface area contributed by atoms with Crippen molar-refractivity contribution in [1.82, 2.24) is 5.32 Å². The van der Waals surface area contributed by atoms with Crippen molar-refractivity contribution >= 4 is 23.1 Å². The van der Waals surface area contributed by atoms with Gasteiger partial charge in [-0.1, -0.05) is 12.1 Å². The topological polar surface area (TPSA) is 76.4 Å². The predicted octanol–water partition coefficient (Wildman–Crippen LogP) is 1.23. The van der Waals surface area contributed by atoms with E-state index < -0.39 is 0 Å². The molecule has 1 aromatic carbocycles. The number of nitrogens with one attached hydrogen (secondary N) is 1. The summed E-state index contributed by atoms with van der Waals surface area (Å²) >= 11 is 4.55. The predicted molar refractivity (Wildman–Crippen MR) is 79.3 cm³/mol. The molecule has 0 fully saturated rings. The molecule has 5 heteroatoms. The number of nitrogens with zero attached hydrogens (tertiary/aromatic N) is 1. The van der Waals surface area contributed by atoms with Crippen molar-refractivity contribution in [3.63, 3.8) is 0 Å². The maximum absolute atomic E-state index is 6.03. The van der Waals surface area contributed by atoms with Gasteiger partial charge in [-0.2, -0.15) is 4.99 Å². The molecule has 4 nitrogen and oxygen atoms in total. The van der Waals surface area contributed by atoms with Gasteiger partial charge in [-0.25, -0.2) is 0 Å². The van der Waals surface area contributed by atoms with Crippen LogP contribution in [0.2, 0.25) is 0 Å². The number of thiocarbonyl (C=S) groups is 1. The summed E-state index contributed by atoms with van der Waals surface area (Å²) < 4.78 is 0. The monoisotopic (exact) mass is 264 g/mol. The van der Waals surface area contributed by atoms with Gasteiger partial charge in [0, 0.05) is 25.2 Å². The van der Waals surface area contributed by atoms with Crippen LogP contribution in [0.4, 0.5) is 5.69 Å². The first-order valence-electron chi connectivity index (χ1n) is 6.00. The highest BCUT2D eigenvalue weighted by atomic mass is 32.1. The fourth-order valence-corrected chi connectivity index (χ4v) is 1.74. The second kappa shape index (κ2) is 8.08. The Balaban J connectivity index is 2.39. The average molecular weight is 264 g/mol. The minimum absolute atomic E-state index is 0.0867. The van der Waals surface area contributed by atoms with Crippen LogP contribution in [0.3, 0.4) is 0 Å². The lowest BCUT2D eigenvalue weighted by atomic mass is 10.1. The highest BCUT2D eigenvalue weighted by Crippen LogP contribution is 2.13. The molecule has 0 aliphatic rings. The number of benzene rings is 1. The van der Waals surface area contributed by atoms with Crippen molar-refractivity contribution < 1.29 is 0 Å². The third-order valence-corrected chi connectivity index (χ3v) is 2.57. The van der Waals surface area contributed by atoms with Gasteiger partial charge in [-0.15, -0.1) is 0 Å². The Kier molecular flexibility index (Phi) is 6.72. The van der Waals surface area contributed by atoms with E-state index in [2.05, 4.69) is 27.7 Å². The van der Waals surface area contributed by atoms with Crippen molar-refractivity contribution in [2.24, 2.45) is 16.5 Å².